The Morgan fingerprint density at radius 3 is 2.53 bits per heavy atom. The van der Waals surface area contributed by atoms with Gasteiger partial charge in [-0.2, -0.15) is 0 Å². The van der Waals surface area contributed by atoms with Crippen LogP contribution in [0.1, 0.15) is 24.5 Å². The van der Waals surface area contributed by atoms with Gasteiger partial charge < -0.3 is 4.74 Å². The van der Waals surface area contributed by atoms with Crippen molar-refractivity contribution in [2.24, 2.45) is 0 Å². The fourth-order valence-electron chi connectivity index (χ4n) is 1.38. The van der Waals surface area contributed by atoms with Gasteiger partial charge >= 0.3 is 0 Å². The molecule has 1 heteroatoms. The standard InChI is InChI=1S/C14H18O/c1-3-5-9-12-15-14(4-2)13-10-7-6-8-11-13/h3-4,6-8,10-11,14H,1-2,5,9,12H2. The first-order chi connectivity index (χ1) is 7.38. The van der Waals surface area contributed by atoms with Crippen LogP contribution < -0.4 is 0 Å². The molecular weight excluding hydrogens is 184 g/mol. The summed E-state index contributed by atoms with van der Waals surface area (Å²) in [6.45, 7) is 8.22. The minimum absolute atomic E-state index is 0.0102. The Labute approximate surface area is 92.1 Å². The molecule has 0 radical (unpaired) electrons. The molecule has 0 bridgehead atoms. The molecule has 0 spiro atoms. The summed E-state index contributed by atoms with van der Waals surface area (Å²) in [4.78, 5) is 0. The van der Waals surface area contributed by atoms with Crippen LogP contribution in [0.2, 0.25) is 0 Å². The van der Waals surface area contributed by atoms with Gasteiger partial charge in [0.1, 0.15) is 6.10 Å². The lowest BCUT2D eigenvalue weighted by Crippen LogP contribution is -2.02. The normalized spacial score (nSPS) is 12.0. The van der Waals surface area contributed by atoms with Crippen LogP contribution in [0, 0.1) is 0 Å². The van der Waals surface area contributed by atoms with Crippen molar-refractivity contribution in [1.82, 2.24) is 0 Å². The van der Waals surface area contributed by atoms with E-state index in [1.807, 2.05) is 30.4 Å². The molecule has 0 aliphatic rings. The van der Waals surface area contributed by atoms with Crippen LogP contribution in [-0.2, 0) is 4.74 Å². The number of unbranched alkanes of at least 4 members (excludes halogenated alkanes) is 1. The summed E-state index contributed by atoms with van der Waals surface area (Å²) in [5.74, 6) is 0. The Bertz CT molecular complexity index is 289. The Kier molecular flexibility index (Phi) is 5.49. The summed E-state index contributed by atoms with van der Waals surface area (Å²) in [6, 6.07) is 10.1. The van der Waals surface area contributed by atoms with Crippen molar-refractivity contribution < 1.29 is 4.74 Å². The third-order valence-corrected chi connectivity index (χ3v) is 2.19. The topological polar surface area (TPSA) is 9.23 Å². The van der Waals surface area contributed by atoms with Gasteiger partial charge in [-0.3, -0.25) is 0 Å². The highest BCUT2D eigenvalue weighted by Gasteiger charge is 2.05. The van der Waals surface area contributed by atoms with E-state index in [0.717, 1.165) is 25.0 Å². The minimum Gasteiger partial charge on any atom is -0.369 e. The van der Waals surface area contributed by atoms with E-state index in [1.165, 1.54) is 0 Å². The van der Waals surface area contributed by atoms with Gasteiger partial charge in [-0.05, 0) is 18.4 Å². The van der Waals surface area contributed by atoms with Gasteiger partial charge in [0.25, 0.3) is 0 Å². The Balaban J connectivity index is 2.43. The number of hydrogen-bond donors (Lipinski definition) is 0. The Morgan fingerprint density at radius 2 is 1.93 bits per heavy atom. The molecule has 1 aromatic carbocycles. The fraction of sp³-hybridized carbons (Fsp3) is 0.286. The van der Waals surface area contributed by atoms with Crippen LogP contribution in [0.3, 0.4) is 0 Å². The third kappa shape index (κ3) is 4.13. The maximum absolute atomic E-state index is 5.71. The van der Waals surface area contributed by atoms with Crippen LogP contribution >= 0.6 is 0 Å². The lowest BCUT2D eigenvalue weighted by atomic mass is 10.1. The first-order valence-corrected chi connectivity index (χ1v) is 5.28. The molecule has 0 heterocycles. The zero-order valence-electron chi connectivity index (χ0n) is 9.06. The number of benzene rings is 1. The van der Waals surface area contributed by atoms with Gasteiger partial charge in [0, 0.05) is 6.61 Å². The zero-order chi connectivity index (χ0) is 10.9. The highest BCUT2D eigenvalue weighted by Crippen LogP contribution is 2.18. The van der Waals surface area contributed by atoms with Gasteiger partial charge in [0.2, 0.25) is 0 Å². The molecule has 0 saturated heterocycles. The van der Waals surface area contributed by atoms with Crippen LogP contribution in [-0.4, -0.2) is 6.61 Å². The average molecular weight is 202 g/mol. The summed E-state index contributed by atoms with van der Waals surface area (Å²) >= 11 is 0. The van der Waals surface area contributed by atoms with Crippen molar-refractivity contribution in [2.45, 2.75) is 18.9 Å². The number of ether oxygens (including phenoxy) is 1. The quantitative estimate of drug-likeness (QED) is 0.481. The molecule has 15 heavy (non-hydrogen) atoms. The summed E-state index contributed by atoms with van der Waals surface area (Å²) in [5, 5.41) is 0. The average Bonchev–Trinajstić information content (AvgIpc) is 2.30. The molecule has 1 aromatic rings. The lowest BCUT2D eigenvalue weighted by Gasteiger charge is -2.13. The number of hydrogen-bond acceptors (Lipinski definition) is 1. The second-order valence-corrected chi connectivity index (χ2v) is 3.37. The van der Waals surface area contributed by atoms with Crippen molar-refractivity contribution >= 4 is 0 Å². The van der Waals surface area contributed by atoms with Crippen LogP contribution in [0.5, 0.6) is 0 Å². The van der Waals surface area contributed by atoms with E-state index in [0.29, 0.717) is 0 Å². The molecular formula is C14H18O. The molecule has 0 amide bonds. The summed E-state index contributed by atoms with van der Waals surface area (Å²) in [5.41, 5.74) is 1.16. The molecule has 0 saturated carbocycles. The highest BCUT2D eigenvalue weighted by molar-refractivity contribution is 5.20. The van der Waals surface area contributed by atoms with Crippen molar-refractivity contribution in [3.05, 3.63) is 61.2 Å². The second kappa shape index (κ2) is 7.02. The Hall–Kier alpha value is -1.34. The molecule has 1 rings (SSSR count). The van der Waals surface area contributed by atoms with Crippen molar-refractivity contribution in [2.75, 3.05) is 6.61 Å². The summed E-state index contributed by atoms with van der Waals surface area (Å²) in [6.07, 6.45) is 5.77. The zero-order valence-corrected chi connectivity index (χ0v) is 9.06. The molecule has 80 valence electrons. The molecule has 1 atom stereocenters. The van der Waals surface area contributed by atoms with Gasteiger partial charge in [0.05, 0.1) is 0 Å². The van der Waals surface area contributed by atoms with Gasteiger partial charge in [-0.15, -0.1) is 13.2 Å². The van der Waals surface area contributed by atoms with E-state index in [9.17, 15) is 0 Å². The predicted molar refractivity (Wildman–Crippen MR) is 64.8 cm³/mol. The maximum Gasteiger partial charge on any atom is 0.100 e. The fourth-order valence-corrected chi connectivity index (χ4v) is 1.38. The predicted octanol–water partition coefficient (Wildman–Crippen LogP) is 3.90. The Morgan fingerprint density at radius 1 is 1.20 bits per heavy atom. The molecule has 1 nitrogen and oxygen atoms in total. The lowest BCUT2D eigenvalue weighted by molar-refractivity contribution is 0.0841. The second-order valence-electron chi connectivity index (χ2n) is 3.37. The smallest absolute Gasteiger partial charge is 0.100 e. The largest absolute Gasteiger partial charge is 0.369 e. The van der Waals surface area contributed by atoms with E-state index >= 15 is 0 Å². The van der Waals surface area contributed by atoms with E-state index in [-0.39, 0.29) is 6.10 Å². The monoisotopic (exact) mass is 202 g/mol. The van der Waals surface area contributed by atoms with Crippen molar-refractivity contribution in [3.63, 3.8) is 0 Å². The molecule has 0 aliphatic heterocycles. The summed E-state index contributed by atoms with van der Waals surface area (Å²) in [7, 11) is 0. The SMILES string of the molecule is C=CCCCOC(C=C)c1ccccc1. The summed E-state index contributed by atoms with van der Waals surface area (Å²) < 4.78 is 5.71. The van der Waals surface area contributed by atoms with Crippen molar-refractivity contribution in [1.29, 1.82) is 0 Å². The van der Waals surface area contributed by atoms with Crippen molar-refractivity contribution in [3.8, 4) is 0 Å². The molecule has 1 unspecified atom stereocenters. The van der Waals surface area contributed by atoms with E-state index < -0.39 is 0 Å². The first kappa shape index (κ1) is 11.7. The van der Waals surface area contributed by atoms with Crippen LogP contribution in [0.4, 0.5) is 0 Å². The number of allylic oxidation sites excluding steroid dienone is 1. The minimum atomic E-state index is 0.0102. The molecule has 0 N–H and O–H groups in total. The van der Waals surface area contributed by atoms with Gasteiger partial charge in [-0.1, -0.05) is 42.5 Å². The van der Waals surface area contributed by atoms with Gasteiger partial charge in [0.15, 0.2) is 0 Å². The number of rotatable bonds is 7. The van der Waals surface area contributed by atoms with Crippen LogP contribution in [0.25, 0.3) is 0 Å². The molecule has 0 aliphatic carbocycles. The van der Waals surface area contributed by atoms with Gasteiger partial charge in [-0.25, -0.2) is 0 Å². The molecule has 0 fully saturated rings. The highest BCUT2D eigenvalue weighted by atomic mass is 16.5. The van der Waals surface area contributed by atoms with E-state index in [2.05, 4.69) is 25.3 Å². The van der Waals surface area contributed by atoms with Crippen LogP contribution in [0.15, 0.2) is 55.6 Å². The first-order valence-electron chi connectivity index (χ1n) is 5.28. The molecule has 0 aromatic heterocycles. The maximum atomic E-state index is 5.71. The van der Waals surface area contributed by atoms with E-state index in [4.69, 9.17) is 4.74 Å². The third-order valence-electron chi connectivity index (χ3n) is 2.19. The van der Waals surface area contributed by atoms with E-state index in [1.54, 1.807) is 0 Å².